The molecule has 1 N–H and O–H groups in total. The maximum atomic E-state index is 5.67. The van der Waals surface area contributed by atoms with Gasteiger partial charge in [0.25, 0.3) is 0 Å². The molecule has 0 bridgehead atoms. The number of rotatable bonds is 8. The molecule has 0 spiro atoms. The summed E-state index contributed by atoms with van der Waals surface area (Å²) < 4.78 is 5.67. The third-order valence-electron chi connectivity index (χ3n) is 3.26. The van der Waals surface area contributed by atoms with Crippen molar-refractivity contribution in [2.75, 3.05) is 39.3 Å². The maximum Gasteiger partial charge on any atom is 0.0700 e. The van der Waals surface area contributed by atoms with Crippen molar-refractivity contribution in [1.82, 2.24) is 10.2 Å². The standard InChI is InChI=1S/C13H28N2O/c1-3-13-12-15(10-11-16-13)9-7-5-6-8-14-4-2/h13-14H,3-12H2,1-2H3. The fourth-order valence-corrected chi connectivity index (χ4v) is 2.17. The second-order valence-corrected chi connectivity index (χ2v) is 4.62. The van der Waals surface area contributed by atoms with E-state index in [0.717, 1.165) is 32.7 Å². The zero-order valence-corrected chi connectivity index (χ0v) is 11.0. The molecule has 1 heterocycles. The Kier molecular flexibility index (Phi) is 7.81. The first-order valence-corrected chi connectivity index (χ1v) is 6.91. The molecule has 1 aliphatic rings. The summed E-state index contributed by atoms with van der Waals surface area (Å²) in [6.45, 7) is 11.1. The number of ether oxygens (including phenoxy) is 1. The Morgan fingerprint density at radius 3 is 2.88 bits per heavy atom. The van der Waals surface area contributed by atoms with E-state index in [0.29, 0.717) is 6.10 Å². The van der Waals surface area contributed by atoms with Crippen molar-refractivity contribution in [3.05, 3.63) is 0 Å². The summed E-state index contributed by atoms with van der Waals surface area (Å²) in [7, 11) is 0. The first kappa shape index (κ1) is 13.9. The fraction of sp³-hybridized carbons (Fsp3) is 1.00. The van der Waals surface area contributed by atoms with Gasteiger partial charge < -0.3 is 10.1 Å². The zero-order valence-electron chi connectivity index (χ0n) is 11.0. The van der Waals surface area contributed by atoms with Crippen LogP contribution in [0.5, 0.6) is 0 Å². The van der Waals surface area contributed by atoms with E-state index in [-0.39, 0.29) is 0 Å². The first-order chi connectivity index (χ1) is 7.86. The Hall–Kier alpha value is -0.120. The molecule has 3 heteroatoms. The molecule has 0 aromatic heterocycles. The molecule has 1 rings (SSSR count). The van der Waals surface area contributed by atoms with Crippen LogP contribution in [0.25, 0.3) is 0 Å². The monoisotopic (exact) mass is 228 g/mol. The maximum absolute atomic E-state index is 5.67. The molecule has 1 atom stereocenters. The molecule has 0 amide bonds. The Labute approximate surface area is 101 Å². The molecule has 16 heavy (non-hydrogen) atoms. The van der Waals surface area contributed by atoms with E-state index in [1.807, 2.05) is 0 Å². The van der Waals surface area contributed by atoms with Crippen LogP contribution in [-0.2, 0) is 4.74 Å². The summed E-state index contributed by atoms with van der Waals surface area (Å²) in [4.78, 5) is 2.56. The normalized spacial score (nSPS) is 22.5. The zero-order chi connectivity index (χ0) is 11.6. The average molecular weight is 228 g/mol. The van der Waals surface area contributed by atoms with Crippen LogP contribution in [0.4, 0.5) is 0 Å². The van der Waals surface area contributed by atoms with E-state index in [1.54, 1.807) is 0 Å². The molecule has 1 unspecified atom stereocenters. The molecule has 0 saturated carbocycles. The highest BCUT2D eigenvalue weighted by molar-refractivity contribution is 4.70. The quantitative estimate of drug-likeness (QED) is 0.642. The lowest BCUT2D eigenvalue weighted by molar-refractivity contribution is -0.0299. The Morgan fingerprint density at radius 1 is 1.25 bits per heavy atom. The highest BCUT2D eigenvalue weighted by atomic mass is 16.5. The molecule has 0 aromatic rings. The van der Waals surface area contributed by atoms with Crippen molar-refractivity contribution in [2.45, 2.75) is 45.6 Å². The molecule has 3 nitrogen and oxygen atoms in total. The van der Waals surface area contributed by atoms with Crippen molar-refractivity contribution in [1.29, 1.82) is 0 Å². The molecule has 1 fully saturated rings. The van der Waals surface area contributed by atoms with Gasteiger partial charge in [-0.2, -0.15) is 0 Å². The van der Waals surface area contributed by atoms with Gasteiger partial charge in [-0.25, -0.2) is 0 Å². The van der Waals surface area contributed by atoms with Crippen molar-refractivity contribution in [3.8, 4) is 0 Å². The molecule has 1 saturated heterocycles. The lowest BCUT2D eigenvalue weighted by Gasteiger charge is -2.32. The van der Waals surface area contributed by atoms with Gasteiger partial charge in [0.15, 0.2) is 0 Å². The Bertz CT molecular complexity index is 164. The van der Waals surface area contributed by atoms with Gasteiger partial charge >= 0.3 is 0 Å². The predicted molar refractivity (Wildman–Crippen MR) is 68.9 cm³/mol. The van der Waals surface area contributed by atoms with Crippen LogP contribution < -0.4 is 5.32 Å². The smallest absolute Gasteiger partial charge is 0.0700 e. The van der Waals surface area contributed by atoms with Crippen molar-refractivity contribution >= 4 is 0 Å². The van der Waals surface area contributed by atoms with Crippen LogP contribution in [0, 0.1) is 0 Å². The van der Waals surface area contributed by atoms with E-state index >= 15 is 0 Å². The summed E-state index contributed by atoms with van der Waals surface area (Å²) in [6.07, 6.45) is 5.63. The molecular formula is C13H28N2O. The van der Waals surface area contributed by atoms with Crippen molar-refractivity contribution in [3.63, 3.8) is 0 Å². The molecule has 0 radical (unpaired) electrons. The highest BCUT2D eigenvalue weighted by Gasteiger charge is 2.17. The SMILES string of the molecule is CCNCCCCCN1CCOC(CC)C1. The third kappa shape index (κ3) is 5.83. The van der Waals surface area contributed by atoms with E-state index in [1.165, 1.54) is 32.4 Å². The highest BCUT2D eigenvalue weighted by Crippen LogP contribution is 2.09. The second kappa shape index (κ2) is 8.97. The molecular weight excluding hydrogens is 200 g/mol. The largest absolute Gasteiger partial charge is 0.376 e. The van der Waals surface area contributed by atoms with Crippen LogP contribution in [0.2, 0.25) is 0 Å². The van der Waals surface area contributed by atoms with Gasteiger partial charge in [-0.05, 0) is 38.9 Å². The Morgan fingerprint density at radius 2 is 2.12 bits per heavy atom. The molecule has 0 aromatic carbocycles. The number of unbranched alkanes of at least 4 members (excludes halogenated alkanes) is 2. The Balaban J connectivity index is 1.95. The van der Waals surface area contributed by atoms with Crippen LogP contribution in [0.1, 0.15) is 39.5 Å². The lowest BCUT2D eigenvalue weighted by Crippen LogP contribution is -2.42. The third-order valence-corrected chi connectivity index (χ3v) is 3.26. The minimum absolute atomic E-state index is 0.482. The van der Waals surface area contributed by atoms with Crippen LogP contribution >= 0.6 is 0 Å². The number of hydrogen-bond donors (Lipinski definition) is 1. The molecule has 1 aliphatic heterocycles. The van der Waals surface area contributed by atoms with Gasteiger partial charge in [-0.1, -0.05) is 20.3 Å². The number of morpholine rings is 1. The number of hydrogen-bond acceptors (Lipinski definition) is 3. The van der Waals surface area contributed by atoms with Gasteiger partial charge in [0.2, 0.25) is 0 Å². The van der Waals surface area contributed by atoms with E-state index in [4.69, 9.17) is 4.74 Å². The summed E-state index contributed by atoms with van der Waals surface area (Å²) in [5.41, 5.74) is 0. The summed E-state index contributed by atoms with van der Waals surface area (Å²) in [5.74, 6) is 0. The molecule has 0 aliphatic carbocycles. The predicted octanol–water partition coefficient (Wildman–Crippen LogP) is 1.88. The van der Waals surface area contributed by atoms with Crippen molar-refractivity contribution in [2.24, 2.45) is 0 Å². The van der Waals surface area contributed by atoms with Crippen LogP contribution in [0.3, 0.4) is 0 Å². The number of nitrogens with zero attached hydrogens (tertiary/aromatic N) is 1. The van der Waals surface area contributed by atoms with Crippen LogP contribution in [-0.4, -0.2) is 50.3 Å². The topological polar surface area (TPSA) is 24.5 Å². The summed E-state index contributed by atoms with van der Waals surface area (Å²) in [5, 5.41) is 3.37. The van der Waals surface area contributed by atoms with E-state index in [2.05, 4.69) is 24.1 Å². The van der Waals surface area contributed by atoms with E-state index in [9.17, 15) is 0 Å². The lowest BCUT2D eigenvalue weighted by atomic mass is 10.2. The van der Waals surface area contributed by atoms with Gasteiger partial charge in [0, 0.05) is 13.1 Å². The van der Waals surface area contributed by atoms with Crippen LogP contribution in [0.15, 0.2) is 0 Å². The summed E-state index contributed by atoms with van der Waals surface area (Å²) in [6, 6.07) is 0. The second-order valence-electron chi connectivity index (χ2n) is 4.62. The van der Waals surface area contributed by atoms with Gasteiger partial charge in [-0.3, -0.25) is 4.90 Å². The minimum Gasteiger partial charge on any atom is -0.376 e. The summed E-state index contributed by atoms with van der Waals surface area (Å²) >= 11 is 0. The first-order valence-electron chi connectivity index (χ1n) is 6.91. The van der Waals surface area contributed by atoms with Gasteiger partial charge in [0.05, 0.1) is 12.7 Å². The fourth-order valence-electron chi connectivity index (χ4n) is 2.17. The average Bonchev–Trinajstić information content (AvgIpc) is 2.34. The number of nitrogens with one attached hydrogen (secondary N) is 1. The van der Waals surface area contributed by atoms with Gasteiger partial charge in [0.1, 0.15) is 0 Å². The minimum atomic E-state index is 0.482. The van der Waals surface area contributed by atoms with Crippen molar-refractivity contribution < 1.29 is 4.74 Å². The molecule has 96 valence electrons. The van der Waals surface area contributed by atoms with Gasteiger partial charge in [-0.15, -0.1) is 0 Å². The van der Waals surface area contributed by atoms with E-state index < -0.39 is 0 Å².